The molecule has 0 radical (unpaired) electrons. The van der Waals surface area contributed by atoms with Crippen molar-refractivity contribution < 1.29 is 13.2 Å². The van der Waals surface area contributed by atoms with Crippen molar-refractivity contribution in [1.82, 2.24) is 9.88 Å². The average molecular weight is 336 g/mol. The first-order valence-electron chi connectivity index (χ1n) is 7.67. The lowest BCUT2D eigenvalue weighted by molar-refractivity contribution is -0.137. The highest BCUT2D eigenvalue weighted by Crippen LogP contribution is 2.36. The monoisotopic (exact) mass is 336 g/mol. The Morgan fingerprint density at radius 2 is 1.88 bits per heavy atom. The smallest absolute Gasteiger partial charge is 0.395 e. The highest BCUT2D eigenvalue weighted by Gasteiger charge is 2.31. The Morgan fingerprint density at radius 3 is 2.46 bits per heavy atom. The summed E-state index contributed by atoms with van der Waals surface area (Å²) in [5, 5.41) is 0.371. The Morgan fingerprint density at radius 1 is 1.21 bits per heavy atom. The molecule has 2 aromatic rings. The predicted molar refractivity (Wildman–Crippen MR) is 91.0 cm³/mol. The van der Waals surface area contributed by atoms with Gasteiger partial charge in [0.05, 0.1) is 16.8 Å². The molecule has 0 unspecified atom stereocenters. The molecule has 2 heterocycles. The number of halogens is 3. The number of nitrogens with two attached hydrogens (primary N) is 1. The number of anilines is 2. The minimum Gasteiger partial charge on any atom is -0.395 e. The second-order valence-corrected chi connectivity index (χ2v) is 5.99. The van der Waals surface area contributed by atoms with Gasteiger partial charge in [0, 0.05) is 37.1 Å². The highest BCUT2D eigenvalue weighted by atomic mass is 19.4. The molecular weight excluding hydrogens is 317 g/mol. The number of alkyl halides is 3. The summed E-state index contributed by atoms with van der Waals surface area (Å²) in [6.45, 7) is 7.03. The summed E-state index contributed by atoms with van der Waals surface area (Å²) in [6, 6.07) is 3.53. The summed E-state index contributed by atoms with van der Waals surface area (Å²) < 4.78 is 38.9. The second kappa shape index (κ2) is 5.98. The van der Waals surface area contributed by atoms with Gasteiger partial charge in [-0.25, -0.2) is 4.98 Å². The first-order chi connectivity index (χ1) is 11.3. The van der Waals surface area contributed by atoms with Crippen molar-refractivity contribution in [2.75, 3.05) is 43.9 Å². The minimum absolute atomic E-state index is 0.371. The van der Waals surface area contributed by atoms with Crippen LogP contribution in [0.5, 0.6) is 0 Å². The maximum absolute atomic E-state index is 13.0. The molecule has 0 amide bonds. The Bertz CT molecular complexity index is 777. The van der Waals surface area contributed by atoms with Crippen LogP contribution in [-0.4, -0.2) is 43.1 Å². The largest absolute Gasteiger partial charge is 0.416 e. The van der Waals surface area contributed by atoms with Gasteiger partial charge in [-0.3, -0.25) is 0 Å². The van der Waals surface area contributed by atoms with Crippen molar-refractivity contribution in [1.29, 1.82) is 0 Å². The molecule has 0 aliphatic carbocycles. The first-order valence-corrected chi connectivity index (χ1v) is 7.67. The Kier molecular flexibility index (Phi) is 4.13. The van der Waals surface area contributed by atoms with Crippen molar-refractivity contribution in [2.24, 2.45) is 0 Å². The molecular formula is C17H19F3N4. The maximum Gasteiger partial charge on any atom is 0.416 e. The van der Waals surface area contributed by atoms with Crippen LogP contribution in [0, 0.1) is 0 Å². The van der Waals surface area contributed by atoms with Gasteiger partial charge in [0.1, 0.15) is 0 Å². The molecule has 2 N–H and O–H groups in total. The van der Waals surface area contributed by atoms with Crippen LogP contribution < -0.4 is 10.6 Å². The van der Waals surface area contributed by atoms with Gasteiger partial charge in [0.2, 0.25) is 0 Å². The molecule has 1 aromatic carbocycles. The second-order valence-electron chi connectivity index (χ2n) is 5.99. The molecule has 0 atom stereocenters. The summed E-state index contributed by atoms with van der Waals surface area (Å²) in [4.78, 5) is 8.80. The zero-order chi connectivity index (χ0) is 17.5. The molecule has 128 valence electrons. The van der Waals surface area contributed by atoms with Crippen LogP contribution in [0.15, 0.2) is 24.8 Å². The Labute approximate surface area is 138 Å². The minimum atomic E-state index is -4.41. The van der Waals surface area contributed by atoms with Crippen LogP contribution in [0.2, 0.25) is 0 Å². The lowest BCUT2D eigenvalue weighted by Crippen LogP contribution is -2.45. The standard InChI is InChI=1S/C17H19F3N4/c1-3-12-13-10-11(17(18,19)20)4-5-14(13)22-16(15(12)21)24-8-6-23(2)7-9-24/h3-5,10H,1,6-9,21H2,2H3. The van der Waals surface area contributed by atoms with Crippen LogP contribution in [0.3, 0.4) is 0 Å². The van der Waals surface area contributed by atoms with E-state index in [0.717, 1.165) is 38.3 Å². The van der Waals surface area contributed by atoms with E-state index in [1.807, 2.05) is 7.05 Å². The number of benzene rings is 1. The number of aromatic nitrogens is 1. The van der Waals surface area contributed by atoms with Crippen LogP contribution in [0.4, 0.5) is 24.7 Å². The van der Waals surface area contributed by atoms with Gasteiger partial charge in [0.15, 0.2) is 5.82 Å². The lowest BCUT2D eigenvalue weighted by atomic mass is 10.0. The zero-order valence-corrected chi connectivity index (χ0v) is 13.4. The van der Waals surface area contributed by atoms with E-state index in [9.17, 15) is 13.2 Å². The third-order valence-electron chi connectivity index (χ3n) is 4.38. The number of hydrogen-bond donors (Lipinski definition) is 1. The molecule has 1 fully saturated rings. The fraction of sp³-hybridized carbons (Fsp3) is 0.353. The van der Waals surface area contributed by atoms with Gasteiger partial charge < -0.3 is 15.5 Å². The summed E-state index contributed by atoms with van der Waals surface area (Å²) in [6.07, 6.45) is -2.91. The van der Waals surface area contributed by atoms with Gasteiger partial charge >= 0.3 is 6.18 Å². The van der Waals surface area contributed by atoms with E-state index >= 15 is 0 Å². The number of nitrogens with zero attached hydrogens (tertiary/aromatic N) is 3. The van der Waals surface area contributed by atoms with Gasteiger partial charge in [-0.15, -0.1) is 0 Å². The quantitative estimate of drug-likeness (QED) is 0.915. The number of likely N-dealkylation sites (N-methyl/N-ethyl adjacent to an activating group) is 1. The van der Waals surface area contributed by atoms with Crippen molar-refractivity contribution in [3.63, 3.8) is 0 Å². The number of piperazine rings is 1. The fourth-order valence-corrected chi connectivity index (χ4v) is 2.94. The first kappa shape index (κ1) is 16.6. The van der Waals surface area contributed by atoms with E-state index in [4.69, 9.17) is 5.73 Å². The molecule has 7 heteroatoms. The third kappa shape index (κ3) is 2.91. The molecule has 1 aliphatic heterocycles. The van der Waals surface area contributed by atoms with E-state index in [1.54, 1.807) is 0 Å². The van der Waals surface area contributed by atoms with Crippen LogP contribution >= 0.6 is 0 Å². The SMILES string of the molecule is C=Cc1c(N)c(N2CCN(C)CC2)nc2ccc(C(F)(F)F)cc12. The summed E-state index contributed by atoms with van der Waals surface area (Å²) in [7, 11) is 2.04. The van der Waals surface area contributed by atoms with Gasteiger partial charge in [-0.2, -0.15) is 13.2 Å². The van der Waals surface area contributed by atoms with Crippen LogP contribution in [0.25, 0.3) is 17.0 Å². The number of hydrogen-bond acceptors (Lipinski definition) is 4. The van der Waals surface area contributed by atoms with Gasteiger partial charge in [0.25, 0.3) is 0 Å². The molecule has 1 aromatic heterocycles. The van der Waals surface area contributed by atoms with Crippen LogP contribution in [-0.2, 0) is 6.18 Å². The summed E-state index contributed by atoms with van der Waals surface area (Å²) in [5.74, 6) is 0.616. The normalized spacial score (nSPS) is 16.6. The number of fused-ring (bicyclic) bond motifs is 1. The van der Waals surface area contributed by atoms with E-state index in [1.165, 1.54) is 12.1 Å². The summed E-state index contributed by atoms with van der Waals surface area (Å²) >= 11 is 0. The Balaban J connectivity index is 2.13. The molecule has 0 bridgehead atoms. The predicted octanol–water partition coefficient (Wildman–Crippen LogP) is 3.23. The fourth-order valence-electron chi connectivity index (χ4n) is 2.94. The van der Waals surface area contributed by atoms with Crippen molar-refractivity contribution in [3.05, 3.63) is 35.9 Å². The van der Waals surface area contributed by atoms with Crippen LogP contribution in [0.1, 0.15) is 11.1 Å². The zero-order valence-electron chi connectivity index (χ0n) is 13.4. The van der Waals surface area contributed by atoms with E-state index in [2.05, 4.69) is 21.4 Å². The molecule has 0 spiro atoms. The molecule has 1 saturated heterocycles. The lowest BCUT2D eigenvalue weighted by Gasteiger charge is -2.34. The van der Waals surface area contributed by atoms with Crippen molar-refractivity contribution in [3.8, 4) is 0 Å². The van der Waals surface area contributed by atoms with Gasteiger partial charge in [-0.05, 0) is 25.2 Å². The number of rotatable bonds is 2. The topological polar surface area (TPSA) is 45.4 Å². The van der Waals surface area contributed by atoms with E-state index in [-0.39, 0.29) is 0 Å². The third-order valence-corrected chi connectivity index (χ3v) is 4.38. The maximum atomic E-state index is 13.0. The molecule has 1 aliphatic rings. The summed E-state index contributed by atoms with van der Waals surface area (Å²) in [5.41, 5.74) is 6.86. The van der Waals surface area contributed by atoms with Gasteiger partial charge in [-0.1, -0.05) is 12.7 Å². The van der Waals surface area contributed by atoms with E-state index in [0.29, 0.717) is 28.0 Å². The number of nitrogen functional groups attached to an aromatic ring is 1. The molecule has 3 rings (SSSR count). The van der Waals surface area contributed by atoms with Crippen molar-refractivity contribution >= 4 is 28.5 Å². The van der Waals surface area contributed by atoms with Crippen molar-refractivity contribution in [2.45, 2.75) is 6.18 Å². The molecule has 24 heavy (non-hydrogen) atoms. The molecule has 4 nitrogen and oxygen atoms in total. The highest BCUT2D eigenvalue weighted by molar-refractivity contribution is 5.97. The average Bonchev–Trinajstić information content (AvgIpc) is 2.54. The number of pyridine rings is 1. The molecule has 0 saturated carbocycles. The Hall–Kier alpha value is -2.28. The van der Waals surface area contributed by atoms with E-state index < -0.39 is 11.7 Å².